The van der Waals surface area contributed by atoms with Gasteiger partial charge in [0.05, 0.1) is 35.0 Å². The van der Waals surface area contributed by atoms with Crippen molar-refractivity contribution >= 4 is 44.1 Å². The van der Waals surface area contributed by atoms with Gasteiger partial charge in [-0.25, -0.2) is 4.98 Å². The van der Waals surface area contributed by atoms with E-state index in [1.807, 2.05) is 49.4 Å². The molecule has 1 aliphatic heterocycles. The van der Waals surface area contributed by atoms with Crippen molar-refractivity contribution in [2.45, 2.75) is 32.7 Å². The minimum atomic E-state index is -0.875. The number of fused-ring (bicyclic) bond motifs is 1. The minimum Gasteiger partial charge on any atom is -0.507 e. The number of aliphatic hydroxyl groups excluding tert-OH is 1. The molecule has 0 saturated carbocycles. The molecular weight excluding hydrogens is 502 g/mol. The molecule has 8 nitrogen and oxygen atoms in total. The number of ether oxygens (including phenoxy) is 2. The molecule has 1 saturated heterocycles. The summed E-state index contributed by atoms with van der Waals surface area (Å²) in [7, 11) is 0. The van der Waals surface area contributed by atoms with Crippen LogP contribution in [-0.4, -0.2) is 40.0 Å². The predicted molar refractivity (Wildman–Crippen MR) is 147 cm³/mol. The summed E-state index contributed by atoms with van der Waals surface area (Å²) in [6.07, 6.45) is 5.00. The minimum absolute atomic E-state index is 0.00453. The number of aliphatic hydroxyl groups is 1. The molecule has 0 radical (unpaired) electrons. The van der Waals surface area contributed by atoms with Crippen molar-refractivity contribution < 1.29 is 24.2 Å². The lowest BCUT2D eigenvalue weighted by molar-refractivity contribution is -0.132. The maximum absolute atomic E-state index is 13.5. The fourth-order valence-corrected chi connectivity index (χ4v) is 5.36. The molecular formula is C29H27N3O5S. The van der Waals surface area contributed by atoms with Gasteiger partial charge in [-0.05, 0) is 61.4 Å². The van der Waals surface area contributed by atoms with Crippen LogP contribution in [0.3, 0.4) is 0 Å². The van der Waals surface area contributed by atoms with Gasteiger partial charge < -0.3 is 14.6 Å². The van der Waals surface area contributed by atoms with Crippen molar-refractivity contribution in [3.05, 3.63) is 83.7 Å². The number of nitrogens with zero attached hydrogens (tertiary/aromatic N) is 3. The van der Waals surface area contributed by atoms with Crippen LogP contribution in [0.5, 0.6) is 11.5 Å². The van der Waals surface area contributed by atoms with E-state index in [0.29, 0.717) is 46.5 Å². The number of pyridine rings is 1. The van der Waals surface area contributed by atoms with E-state index >= 15 is 0 Å². The quantitative estimate of drug-likeness (QED) is 0.125. The van der Waals surface area contributed by atoms with E-state index in [4.69, 9.17) is 9.47 Å². The Labute approximate surface area is 224 Å². The first kappa shape index (κ1) is 25.4. The lowest BCUT2D eigenvalue weighted by atomic mass is 9.95. The van der Waals surface area contributed by atoms with Gasteiger partial charge >= 0.3 is 5.91 Å². The summed E-state index contributed by atoms with van der Waals surface area (Å²) in [5.74, 6) is -0.400. The maximum atomic E-state index is 13.5. The number of anilines is 1. The Morgan fingerprint density at radius 1 is 1.00 bits per heavy atom. The third-order valence-electron chi connectivity index (χ3n) is 6.23. The molecule has 0 spiro atoms. The van der Waals surface area contributed by atoms with E-state index in [0.717, 1.165) is 17.5 Å². The fraction of sp³-hybridized carbons (Fsp3) is 0.241. The van der Waals surface area contributed by atoms with Crippen LogP contribution in [0.2, 0.25) is 0 Å². The fourth-order valence-electron chi connectivity index (χ4n) is 4.34. The smallest absolute Gasteiger partial charge is 0.301 e. The molecule has 1 N–H and O–H groups in total. The van der Waals surface area contributed by atoms with Crippen LogP contribution >= 0.6 is 11.3 Å². The van der Waals surface area contributed by atoms with Crippen LogP contribution in [0.4, 0.5) is 5.13 Å². The van der Waals surface area contributed by atoms with Gasteiger partial charge in [0.15, 0.2) is 5.13 Å². The predicted octanol–water partition coefficient (Wildman–Crippen LogP) is 5.90. The van der Waals surface area contributed by atoms with E-state index in [2.05, 4.69) is 16.9 Å². The average Bonchev–Trinajstić information content (AvgIpc) is 3.47. The Hall–Kier alpha value is -4.24. The number of rotatable bonds is 9. The van der Waals surface area contributed by atoms with E-state index in [9.17, 15) is 14.7 Å². The summed E-state index contributed by atoms with van der Waals surface area (Å²) in [4.78, 5) is 36.9. The molecule has 38 heavy (non-hydrogen) atoms. The Morgan fingerprint density at radius 2 is 1.74 bits per heavy atom. The molecule has 4 aromatic rings. The zero-order valence-electron chi connectivity index (χ0n) is 21.1. The molecule has 0 aliphatic carbocycles. The highest BCUT2D eigenvalue weighted by Crippen LogP contribution is 2.44. The van der Waals surface area contributed by atoms with Gasteiger partial charge in [-0.3, -0.25) is 19.5 Å². The summed E-state index contributed by atoms with van der Waals surface area (Å²) >= 11 is 1.29. The van der Waals surface area contributed by atoms with Crippen molar-refractivity contribution in [1.29, 1.82) is 0 Å². The molecule has 5 rings (SSSR count). The molecule has 9 heteroatoms. The van der Waals surface area contributed by atoms with Gasteiger partial charge in [-0.15, -0.1) is 0 Å². The first-order chi connectivity index (χ1) is 18.5. The summed E-state index contributed by atoms with van der Waals surface area (Å²) in [5.41, 5.74) is 1.73. The lowest BCUT2D eigenvalue weighted by Gasteiger charge is -2.23. The SMILES string of the molecule is CCCCOc1ccc(C2/C(=C(\O)c3ccncc3)C(=O)C(=O)N2c2nc3ccc(OCC)cc3s2)cc1. The Morgan fingerprint density at radius 3 is 2.45 bits per heavy atom. The van der Waals surface area contributed by atoms with Crippen molar-refractivity contribution in [2.75, 3.05) is 18.1 Å². The molecule has 2 aromatic carbocycles. The van der Waals surface area contributed by atoms with Crippen LogP contribution in [0.1, 0.15) is 43.9 Å². The number of thiazole rings is 1. The standard InChI is InChI=1S/C29H27N3O5S/c1-3-5-16-37-20-8-6-18(7-9-20)25-24(26(33)19-12-14-30-15-13-19)27(34)28(35)32(25)29-31-22-11-10-21(36-4-2)17-23(22)38-29/h6-15,17,25,33H,3-5,16H2,1-2H3/b26-24+. The van der Waals surface area contributed by atoms with Gasteiger partial charge in [0.2, 0.25) is 0 Å². The summed E-state index contributed by atoms with van der Waals surface area (Å²) < 4.78 is 12.2. The van der Waals surface area contributed by atoms with Crippen LogP contribution in [0.15, 0.2) is 72.6 Å². The molecule has 0 bridgehead atoms. The second-order valence-corrected chi connectivity index (χ2v) is 9.74. The average molecular weight is 530 g/mol. The molecule has 1 unspecified atom stereocenters. The normalized spacial score (nSPS) is 16.8. The van der Waals surface area contributed by atoms with Crippen LogP contribution < -0.4 is 14.4 Å². The highest BCUT2D eigenvalue weighted by molar-refractivity contribution is 7.22. The van der Waals surface area contributed by atoms with E-state index in [1.54, 1.807) is 12.1 Å². The zero-order valence-corrected chi connectivity index (χ0v) is 21.9. The molecule has 3 heterocycles. The Balaban J connectivity index is 1.62. The van der Waals surface area contributed by atoms with Crippen molar-refractivity contribution in [3.63, 3.8) is 0 Å². The highest BCUT2D eigenvalue weighted by atomic mass is 32.1. The van der Waals surface area contributed by atoms with E-state index < -0.39 is 17.7 Å². The summed E-state index contributed by atoms with van der Waals surface area (Å²) in [5, 5.41) is 11.6. The van der Waals surface area contributed by atoms with E-state index in [1.165, 1.54) is 28.6 Å². The number of amides is 1. The number of carbonyl (C=O) groups is 2. The molecule has 1 atom stereocenters. The van der Waals surface area contributed by atoms with E-state index in [-0.39, 0.29) is 11.3 Å². The number of carbonyl (C=O) groups excluding carboxylic acids is 2. The number of benzene rings is 2. The third-order valence-corrected chi connectivity index (χ3v) is 7.24. The molecule has 1 aliphatic rings. The first-order valence-corrected chi connectivity index (χ1v) is 13.3. The van der Waals surface area contributed by atoms with Gasteiger partial charge in [-0.2, -0.15) is 0 Å². The van der Waals surface area contributed by atoms with Crippen molar-refractivity contribution in [2.24, 2.45) is 0 Å². The van der Waals surface area contributed by atoms with Crippen LogP contribution in [0, 0.1) is 0 Å². The topological polar surface area (TPSA) is 102 Å². The number of hydrogen-bond acceptors (Lipinski definition) is 8. The lowest BCUT2D eigenvalue weighted by Crippen LogP contribution is -2.29. The monoisotopic (exact) mass is 529 g/mol. The number of ketones is 1. The largest absolute Gasteiger partial charge is 0.507 e. The van der Waals surface area contributed by atoms with Crippen molar-refractivity contribution in [3.8, 4) is 11.5 Å². The van der Waals surface area contributed by atoms with Crippen molar-refractivity contribution in [1.82, 2.24) is 9.97 Å². The molecule has 2 aromatic heterocycles. The van der Waals surface area contributed by atoms with Crippen LogP contribution in [-0.2, 0) is 9.59 Å². The number of hydrogen-bond donors (Lipinski definition) is 1. The maximum Gasteiger partial charge on any atom is 0.301 e. The zero-order chi connectivity index (χ0) is 26.6. The number of aromatic nitrogens is 2. The van der Waals surface area contributed by atoms with Gasteiger partial charge in [0.1, 0.15) is 17.3 Å². The number of Topliss-reactive ketones (excluding diaryl/α,β-unsaturated/α-hetero) is 1. The second kappa shape index (κ2) is 11.0. The molecule has 194 valence electrons. The molecule has 1 fully saturated rings. The summed E-state index contributed by atoms with van der Waals surface area (Å²) in [6.45, 7) is 5.13. The Bertz CT molecular complexity index is 1500. The third kappa shape index (κ3) is 4.84. The first-order valence-electron chi connectivity index (χ1n) is 12.5. The number of unbranched alkanes of at least 4 members (excludes halogenated alkanes) is 1. The second-order valence-electron chi connectivity index (χ2n) is 8.74. The highest BCUT2D eigenvalue weighted by Gasteiger charge is 2.48. The van der Waals surface area contributed by atoms with Gasteiger partial charge in [-0.1, -0.05) is 36.8 Å². The summed E-state index contributed by atoms with van der Waals surface area (Å²) in [6, 6.07) is 15.1. The Kier molecular flexibility index (Phi) is 7.37. The van der Waals surface area contributed by atoms with Gasteiger partial charge in [0.25, 0.3) is 5.78 Å². The van der Waals surface area contributed by atoms with Crippen LogP contribution in [0.25, 0.3) is 16.0 Å². The van der Waals surface area contributed by atoms with Gasteiger partial charge in [0, 0.05) is 18.0 Å². The molecule has 1 amide bonds.